The standard InChI is InChI=1S/C17H19N5O3/c1-2-25-17(24)12-13(18)11(14(19)22-9-8-20-15(12)22)16(23)21-10-6-4-3-5-7-10/h3-7,19-20H,2,8-9,18H2,1H3,(H,21,23). The summed E-state index contributed by atoms with van der Waals surface area (Å²) in [6, 6.07) is 8.85. The number of carbonyl (C=O) groups is 2. The topological polar surface area (TPSA) is 122 Å². The van der Waals surface area contributed by atoms with Crippen molar-refractivity contribution in [2.45, 2.75) is 13.5 Å². The molecule has 130 valence electrons. The predicted molar refractivity (Wildman–Crippen MR) is 93.5 cm³/mol. The molecular weight excluding hydrogens is 322 g/mol. The summed E-state index contributed by atoms with van der Waals surface area (Å²) in [5.74, 6) is -0.745. The van der Waals surface area contributed by atoms with Gasteiger partial charge in [0.1, 0.15) is 22.4 Å². The van der Waals surface area contributed by atoms with Crippen molar-refractivity contribution >= 4 is 29.1 Å². The number of rotatable bonds is 4. The molecule has 0 atom stereocenters. The Bertz CT molecular complexity index is 889. The molecule has 0 unspecified atom stereocenters. The normalized spacial score (nSPS) is 12.2. The maximum absolute atomic E-state index is 12.7. The molecule has 0 aliphatic carbocycles. The van der Waals surface area contributed by atoms with Crippen LogP contribution in [0.25, 0.3) is 0 Å². The first kappa shape index (κ1) is 16.6. The van der Waals surface area contributed by atoms with Crippen LogP contribution >= 0.6 is 0 Å². The minimum absolute atomic E-state index is 0.0423. The number of carbonyl (C=O) groups excluding carboxylic acids is 2. The Morgan fingerprint density at radius 1 is 1.32 bits per heavy atom. The SMILES string of the molecule is CCOC(=O)c1c(N)c(C(=O)Nc2ccccc2)c(=N)n2c1NCC2. The van der Waals surface area contributed by atoms with Crippen LogP contribution in [-0.4, -0.2) is 29.6 Å². The Balaban J connectivity index is 2.10. The fraction of sp³-hybridized carbons (Fsp3) is 0.235. The van der Waals surface area contributed by atoms with E-state index in [1.165, 1.54) is 0 Å². The van der Waals surface area contributed by atoms with E-state index in [9.17, 15) is 9.59 Å². The summed E-state index contributed by atoms with van der Waals surface area (Å²) in [6.45, 7) is 2.89. The van der Waals surface area contributed by atoms with Gasteiger partial charge in [-0.3, -0.25) is 10.2 Å². The van der Waals surface area contributed by atoms with Crippen molar-refractivity contribution in [2.75, 3.05) is 29.5 Å². The van der Waals surface area contributed by atoms with E-state index in [1.54, 1.807) is 35.8 Å². The molecule has 0 spiro atoms. The van der Waals surface area contributed by atoms with Crippen molar-refractivity contribution in [3.8, 4) is 0 Å². The molecular formula is C17H19N5O3. The maximum atomic E-state index is 12.7. The van der Waals surface area contributed by atoms with Gasteiger partial charge in [-0.15, -0.1) is 0 Å². The zero-order valence-corrected chi connectivity index (χ0v) is 13.8. The van der Waals surface area contributed by atoms with Crippen molar-refractivity contribution in [1.82, 2.24) is 4.57 Å². The Labute approximate surface area is 144 Å². The lowest BCUT2D eigenvalue weighted by Gasteiger charge is -2.16. The van der Waals surface area contributed by atoms with Gasteiger partial charge in [0.25, 0.3) is 5.91 Å². The second kappa shape index (κ2) is 6.68. The van der Waals surface area contributed by atoms with Gasteiger partial charge in [0.05, 0.1) is 12.3 Å². The smallest absolute Gasteiger partial charge is 0.343 e. The molecule has 5 N–H and O–H groups in total. The van der Waals surface area contributed by atoms with Crippen molar-refractivity contribution in [3.63, 3.8) is 0 Å². The highest BCUT2D eigenvalue weighted by atomic mass is 16.5. The number of nitrogens with one attached hydrogen (secondary N) is 3. The van der Waals surface area contributed by atoms with Crippen molar-refractivity contribution in [3.05, 3.63) is 46.9 Å². The van der Waals surface area contributed by atoms with E-state index in [4.69, 9.17) is 15.9 Å². The van der Waals surface area contributed by atoms with Crippen LogP contribution < -0.4 is 21.9 Å². The second-order valence-corrected chi connectivity index (χ2v) is 5.48. The average Bonchev–Trinajstić information content (AvgIpc) is 3.05. The summed E-state index contributed by atoms with van der Waals surface area (Å²) in [5, 5.41) is 14.1. The molecule has 1 aliphatic rings. The lowest BCUT2D eigenvalue weighted by molar-refractivity contribution is 0.0528. The third-order valence-corrected chi connectivity index (χ3v) is 3.92. The molecule has 0 bridgehead atoms. The van der Waals surface area contributed by atoms with E-state index in [2.05, 4.69) is 10.6 Å². The number of pyridine rings is 1. The fourth-order valence-electron chi connectivity index (χ4n) is 2.81. The van der Waals surface area contributed by atoms with Gasteiger partial charge in [-0.1, -0.05) is 18.2 Å². The van der Waals surface area contributed by atoms with E-state index in [0.717, 1.165) is 0 Å². The molecule has 0 saturated heterocycles. The summed E-state index contributed by atoms with van der Waals surface area (Å²) in [6.07, 6.45) is 0. The van der Waals surface area contributed by atoms with Gasteiger partial charge in [0.2, 0.25) is 0 Å². The molecule has 0 saturated carbocycles. The molecule has 0 fully saturated rings. The lowest BCUT2D eigenvalue weighted by atomic mass is 10.1. The number of benzene rings is 1. The number of amides is 1. The number of ether oxygens (including phenoxy) is 1. The van der Waals surface area contributed by atoms with Gasteiger partial charge in [-0.2, -0.15) is 0 Å². The Hall–Kier alpha value is -3.29. The number of nitrogens with zero attached hydrogens (tertiary/aromatic N) is 1. The van der Waals surface area contributed by atoms with Crippen LogP contribution in [0.2, 0.25) is 0 Å². The summed E-state index contributed by atoms with van der Waals surface area (Å²) >= 11 is 0. The molecule has 0 radical (unpaired) electrons. The molecule has 8 heteroatoms. The van der Waals surface area contributed by atoms with Crippen LogP contribution in [0.3, 0.4) is 0 Å². The highest BCUT2D eigenvalue weighted by molar-refractivity contribution is 6.12. The minimum Gasteiger partial charge on any atom is -0.462 e. The highest BCUT2D eigenvalue weighted by Gasteiger charge is 2.29. The van der Waals surface area contributed by atoms with Gasteiger partial charge in [0, 0.05) is 18.8 Å². The Kier molecular flexibility index (Phi) is 4.42. The fourth-order valence-corrected chi connectivity index (χ4v) is 2.81. The summed E-state index contributed by atoms with van der Waals surface area (Å²) in [4.78, 5) is 25.0. The molecule has 2 heterocycles. The predicted octanol–water partition coefficient (Wildman–Crippen LogP) is 1.40. The number of esters is 1. The van der Waals surface area contributed by atoms with E-state index in [1.807, 2.05) is 6.07 Å². The molecule has 2 aromatic rings. The highest BCUT2D eigenvalue weighted by Crippen LogP contribution is 2.27. The first-order valence-corrected chi connectivity index (χ1v) is 7.92. The van der Waals surface area contributed by atoms with Gasteiger partial charge in [-0.05, 0) is 19.1 Å². The monoisotopic (exact) mass is 341 g/mol. The summed E-state index contributed by atoms with van der Waals surface area (Å²) < 4.78 is 6.62. The van der Waals surface area contributed by atoms with Crippen LogP contribution in [0.5, 0.6) is 0 Å². The van der Waals surface area contributed by atoms with E-state index in [0.29, 0.717) is 24.6 Å². The van der Waals surface area contributed by atoms with E-state index in [-0.39, 0.29) is 28.9 Å². The summed E-state index contributed by atoms with van der Waals surface area (Å²) in [7, 11) is 0. The third-order valence-electron chi connectivity index (χ3n) is 3.92. The van der Waals surface area contributed by atoms with Crippen LogP contribution in [-0.2, 0) is 11.3 Å². The maximum Gasteiger partial charge on any atom is 0.343 e. The number of hydrogen-bond donors (Lipinski definition) is 4. The number of fused-ring (bicyclic) bond motifs is 1. The quantitative estimate of drug-likeness (QED) is 0.626. The molecule has 1 aromatic heterocycles. The van der Waals surface area contributed by atoms with Crippen LogP contribution in [0, 0.1) is 5.41 Å². The van der Waals surface area contributed by atoms with Crippen LogP contribution in [0.4, 0.5) is 17.2 Å². The van der Waals surface area contributed by atoms with Gasteiger partial charge in [0.15, 0.2) is 0 Å². The van der Waals surface area contributed by atoms with Crippen LogP contribution in [0.1, 0.15) is 27.6 Å². The number of nitrogen functional groups attached to an aromatic ring is 1. The van der Waals surface area contributed by atoms with E-state index < -0.39 is 11.9 Å². The van der Waals surface area contributed by atoms with E-state index >= 15 is 0 Å². The van der Waals surface area contributed by atoms with Gasteiger partial charge < -0.3 is 25.7 Å². The van der Waals surface area contributed by atoms with Crippen LogP contribution in [0.15, 0.2) is 30.3 Å². The molecule has 1 aliphatic heterocycles. The van der Waals surface area contributed by atoms with Crippen molar-refractivity contribution in [1.29, 1.82) is 5.41 Å². The average molecular weight is 341 g/mol. The molecule has 1 aromatic carbocycles. The number of hydrogen-bond acceptors (Lipinski definition) is 6. The number of anilines is 3. The van der Waals surface area contributed by atoms with Gasteiger partial charge >= 0.3 is 5.97 Å². The Morgan fingerprint density at radius 3 is 2.72 bits per heavy atom. The van der Waals surface area contributed by atoms with Crippen molar-refractivity contribution in [2.24, 2.45) is 0 Å². The lowest BCUT2D eigenvalue weighted by Crippen LogP contribution is -2.32. The van der Waals surface area contributed by atoms with Gasteiger partial charge in [-0.25, -0.2) is 4.79 Å². The Morgan fingerprint density at radius 2 is 2.04 bits per heavy atom. The molecule has 25 heavy (non-hydrogen) atoms. The first-order chi connectivity index (χ1) is 12.0. The zero-order valence-electron chi connectivity index (χ0n) is 13.8. The molecule has 8 nitrogen and oxygen atoms in total. The largest absolute Gasteiger partial charge is 0.462 e. The molecule has 1 amide bonds. The minimum atomic E-state index is -0.619. The zero-order chi connectivity index (χ0) is 18.0. The number of nitrogens with two attached hydrogens (primary N) is 1. The third kappa shape index (κ3) is 2.93. The number of aromatic nitrogens is 1. The second-order valence-electron chi connectivity index (χ2n) is 5.48. The first-order valence-electron chi connectivity index (χ1n) is 7.92. The number of para-hydroxylation sites is 1. The molecule has 3 rings (SSSR count). The van der Waals surface area contributed by atoms with Crippen molar-refractivity contribution < 1.29 is 14.3 Å². The summed E-state index contributed by atoms with van der Waals surface area (Å²) in [5.41, 5.74) is 6.63.